The molecule has 0 unspecified atom stereocenters. The Kier molecular flexibility index (Phi) is 2.59. The zero-order valence-electron chi connectivity index (χ0n) is 8.54. The van der Waals surface area contributed by atoms with Gasteiger partial charge in [-0.15, -0.1) is 0 Å². The molecular formula is C11H15NO2. The standard InChI is InChI=1S/C11H15NO2/c1-12-9-6-8-4-3-5-10(13-2)11(8)14-7-9/h3-5,9,12H,6-7H2,1-2H3/t9-/m0/s1. The van der Waals surface area contributed by atoms with Gasteiger partial charge in [0.1, 0.15) is 6.61 Å². The van der Waals surface area contributed by atoms with Crippen molar-refractivity contribution in [2.24, 2.45) is 0 Å². The highest BCUT2D eigenvalue weighted by molar-refractivity contribution is 5.48. The molecule has 0 radical (unpaired) electrons. The Balaban J connectivity index is 2.30. The largest absolute Gasteiger partial charge is 0.493 e. The van der Waals surface area contributed by atoms with E-state index in [9.17, 15) is 0 Å². The fourth-order valence-electron chi connectivity index (χ4n) is 1.74. The van der Waals surface area contributed by atoms with E-state index in [4.69, 9.17) is 9.47 Å². The molecule has 1 aliphatic heterocycles. The van der Waals surface area contributed by atoms with Crippen LogP contribution in [0.25, 0.3) is 0 Å². The van der Waals surface area contributed by atoms with Crippen molar-refractivity contribution in [3.8, 4) is 11.5 Å². The number of nitrogens with one attached hydrogen (secondary N) is 1. The average Bonchev–Trinajstić information content (AvgIpc) is 2.27. The normalized spacial score (nSPS) is 19.7. The molecule has 1 heterocycles. The second kappa shape index (κ2) is 3.88. The second-order valence-corrected chi connectivity index (χ2v) is 3.45. The number of benzene rings is 1. The predicted molar refractivity (Wildman–Crippen MR) is 55.0 cm³/mol. The van der Waals surface area contributed by atoms with Crippen molar-refractivity contribution in [2.45, 2.75) is 12.5 Å². The lowest BCUT2D eigenvalue weighted by molar-refractivity contribution is 0.233. The summed E-state index contributed by atoms with van der Waals surface area (Å²) in [6, 6.07) is 6.42. The SMILES string of the molecule is CN[C@@H]1COc2c(cccc2OC)C1. The number of para-hydroxylation sites is 1. The molecule has 1 aromatic carbocycles. The van der Waals surface area contributed by atoms with Gasteiger partial charge in [0.15, 0.2) is 11.5 Å². The molecule has 1 aliphatic rings. The van der Waals surface area contributed by atoms with Crippen LogP contribution in [0.15, 0.2) is 18.2 Å². The maximum atomic E-state index is 5.66. The maximum absolute atomic E-state index is 5.66. The molecule has 0 saturated heterocycles. The fraction of sp³-hybridized carbons (Fsp3) is 0.455. The van der Waals surface area contributed by atoms with Gasteiger partial charge in [0.05, 0.1) is 7.11 Å². The zero-order valence-corrected chi connectivity index (χ0v) is 8.54. The van der Waals surface area contributed by atoms with Gasteiger partial charge in [0.25, 0.3) is 0 Å². The molecule has 0 aromatic heterocycles. The van der Waals surface area contributed by atoms with Crippen LogP contribution in [0.5, 0.6) is 11.5 Å². The minimum absolute atomic E-state index is 0.412. The van der Waals surface area contributed by atoms with Gasteiger partial charge >= 0.3 is 0 Å². The van der Waals surface area contributed by atoms with Crippen LogP contribution >= 0.6 is 0 Å². The monoisotopic (exact) mass is 193 g/mol. The summed E-state index contributed by atoms with van der Waals surface area (Å²) >= 11 is 0. The molecule has 0 amide bonds. The van der Waals surface area contributed by atoms with Crippen LogP contribution in [0.2, 0.25) is 0 Å². The van der Waals surface area contributed by atoms with Crippen LogP contribution in [0.3, 0.4) is 0 Å². The van der Waals surface area contributed by atoms with Gasteiger partial charge in [-0.3, -0.25) is 0 Å². The molecule has 0 bridgehead atoms. The highest BCUT2D eigenvalue weighted by Crippen LogP contribution is 2.34. The molecule has 0 spiro atoms. The summed E-state index contributed by atoms with van der Waals surface area (Å²) in [4.78, 5) is 0. The van der Waals surface area contributed by atoms with Crippen molar-refractivity contribution in [3.63, 3.8) is 0 Å². The summed E-state index contributed by atoms with van der Waals surface area (Å²) in [5.41, 5.74) is 1.22. The second-order valence-electron chi connectivity index (χ2n) is 3.45. The number of rotatable bonds is 2. The van der Waals surface area contributed by atoms with Crippen molar-refractivity contribution >= 4 is 0 Å². The van der Waals surface area contributed by atoms with E-state index < -0.39 is 0 Å². The first-order chi connectivity index (χ1) is 6.85. The van der Waals surface area contributed by atoms with Crippen molar-refractivity contribution in [1.29, 1.82) is 0 Å². The molecule has 0 saturated carbocycles. The highest BCUT2D eigenvalue weighted by atomic mass is 16.5. The average molecular weight is 193 g/mol. The molecule has 1 N–H and O–H groups in total. The Morgan fingerprint density at radius 3 is 3.07 bits per heavy atom. The van der Waals surface area contributed by atoms with Crippen LogP contribution in [0.1, 0.15) is 5.56 Å². The number of hydrogen-bond donors (Lipinski definition) is 1. The molecule has 2 rings (SSSR count). The first-order valence-electron chi connectivity index (χ1n) is 4.81. The Morgan fingerprint density at radius 1 is 1.50 bits per heavy atom. The van der Waals surface area contributed by atoms with Gasteiger partial charge in [0.2, 0.25) is 0 Å². The third-order valence-corrected chi connectivity index (χ3v) is 2.58. The van der Waals surface area contributed by atoms with Crippen LogP contribution < -0.4 is 14.8 Å². The van der Waals surface area contributed by atoms with E-state index in [1.165, 1.54) is 5.56 Å². The third-order valence-electron chi connectivity index (χ3n) is 2.58. The summed E-state index contributed by atoms with van der Waals surface area (Å²) in [6.07, 6.45) is 1.00. The lowest BCUT2D eigenvalue weighted by atomic mass is 10.0. The predicted octanol–water partition coefficient (Wildman–Crippen LogP) is 1.22. The highest BCUT2D eigenvalue weighted by Gasteiger charge is 2.20. The topological polar surface area (TPSA) is 30.5 Å². The van der Waals surface area contributed by atoms with Crippen LogP contribution in [0, 0.1) is 0 Å². The Hall–Kier alpha value is -1.22. The van der Waals surface area contributed by atoms with Gasteiger partial charge in [0, 0.05) is 6.04 Å². The number of ether oxygens (including phenoxy) is 2. The molecule has 0 fully saturated rings. The summed E-state index contributed by atoms with van der Waals surface area (Å²) in [6.45, 7) is 0.712. The number of hydrogen-bond acceptors (Lipinski definition) is 3. The molecule has 1 aromatic rings. The number of likely N-dealkylation sites (N-methyl/N-ethyl adjacent to an activating group) is 1. The van der Waals surface area contributed by atoms with Crippen molar-refractivity contribution < 1.29 is 9.47 Å². The lowest BCUT2D eigenvalue weighted by Gasteiger charge is -2.26. The van der Waals surface area contributed by atoms with Crippen LogP contribution in [0.4, 0.5) is 0 Å². The minimum atomic E-state index is 0.412. The molecule has 1 atom stereocenters. The van der Waals surface area contributed by atoms with Gasteiger partial charge in [-0.2, -0.15) is 0 Å². The van der Waals surface area contributed by atoms with Crippen LogP contribution in [-0.2, 0) is 6.42 Å². The van der Waals surface area contributed by atoms with E-state index >= 15 is 0 Å². The lowest BCUT2D eigenvalue weighted by Crippen LogP contribution is -2.36. The Labute approximate surface area is 84.0 Å². The van der Waals surface area contributed by atoms with Crippen LogP contribution in [-0.4, -0.2) is 26.8 Å². The quantitative estimate of drug-likeness (QED) is 0.766. The number of methoxy groups -OCH3 is 1. The first-order valence-corrected chi connectivity index (χ1v) is 4.81. The van der Waals surface area contributed by atoms with E-state index in [1.54, 1.807) is 7.11 Å². The van der Waals surface area contributed by atoms with Crippen molar-refractivity contribution in [2.75, 3.05) is 20.8 Å². The fourth-order valence-corrected chi connectivity index (χ4v) is 1.74. The van der Waals surface area contributed by atoms with E-state index in [0.717, 1.165) is 17.9 Å². The maximum Gasteiger partial charge on any atom is 0.164 e. The summed E-state index contributed by atoms with van der Waals surface area (Å²) in [7, 11) is 3.63. The molecule has 14 heavy (non-hydrogen) atoms. The summed E-state index contributed by atoms with van der Waals surface area (Å²) in [5.74, 6) is 1.73. The zero-order chi connectivity index (χ0) is 9.97. The van der Waals surface area contributed by atoms with Gasteiger partial charge in [-0.1, -0.05) is 12.1 Å². The summed E-state index contributed by atoms with van der Waals surface area (Å²) in [5, 5.41) is 3.22. The van der Waals surface area contributed by atoms with Gasteiger partial charge in [-0.25, -0.2) is 0 Å². The van der Waals surface area contributed by atoms with Crippen molar-refractivity contribution in [1.82, 2.24) is 5.32 Å². The smallest absolute Gasteiger partial charge is 0.164 e. The summed E-state index contributed by atoms with van der Waals surface area (Å²) < 4.78 is 10.9. The first kappa shape index (κ1) is 9.34. The van der Waals surface area contributed by atoms with Gasteiger partial charge in [-0.05, 0) is 25.1 Å². The van der Waals surface area contributed by atoms with E-state index in [-0.39, 0.29) is 0 Å². The van der Waals surface area contributed by atoms with E-state index in [1.807, 2.05) is 19.2 Å². The van der Waals surface area contributed by atoms with E-state index in [0.29, 0.717) is 12.6 Å². The van der Waals surface area contributed by atoms with Gasteiger partial charge < -0.3 is 14.8 Å². The number of fused-ring (bicyclic) bond motifs is 1. The molecule has 0 aliphatic carbocycles. The Bertz CT molecular complexity index is 325. The van der Waals surface area contributed by atoms with E-state index in [2.05, 4.69) is 11.4 Å². The third kappa shape index (κ3) is 1.55. The molecule has 3 heteroatoms. The molecule has 76 valence electrons. The van der Waals surface area contributed by atoms with Crippen molar-refractivity contribution in [3.05, 3.63) is 23.8 Å². The minimum Gasteiger partial charge on any atom is -0.493 e. The molecular weight excluding hydrogens is 178 g/mol. The Morgan fingerprint density at radius 2 is 2.36 bits per heavy atom. The molecule has 3 nitrogen and oxygen atoms in total.